The van der Waals surface area contributed by atoms with Gasteiger partial charge in [-0.1, -0.05) is 6.92 Å². The summed E-state index contributed by atoms with van der Waals surface area (Å²) in [7, 11) is 0. The lowest BCUT2D eigenvalue weighted by Gasteiger charge is -2.12. The van der Waals surface area contributed by atoms with Crippen molar-refractivity contribution in [3.05, 3.63) is 46.7 Å². The van der Waals surface area contributed by atoms with Gasteiger partial charge in [0.15, 0.2) is 0 Å². The topological polar surface area (TPSA) is 46.9 Å². The first-order valence-electron chi connectivity index (χ1n) is 9.02. The van der Waals surface area contributed by atoms with Gasteiger partial charge in [0.05, 0.1) is 5.69 Å². The number of thioether (sulfide) groups is 1. The van der Waals surface area contributed by atoms with E-state index in [9.17, 15) is 4.79 Å². The van der Waals surface area contributed by atoms with Crippen molar-refractivity contribution in [3.63, 3.8) is 0 Å². The monoisotopic (exact) mass is 387 g/mol. The smallest absolute Gasteiger partial charge is 0.263 e. The molecule has 3 rings (SSSR count). The molecule has 3 aromatic heterocycles. The van der Waals surface area contributed by atoms with E-state index >= 15 is 0 Å². The number of hydrogen-bond donors (Lipinski definition) is 1. The van der Waals surface area contributed by atoms with E-state index in [0.717, 1.165) is 44.3 Å². The molecule has 1 N–H and O–H groups in total. The van der Waals surface area contributed by atoms with E-state index in [1.165, 1.54) is 23.5 Å². The van der Waals surface area contributed by atoms with Gasteiger partial charge in [0.25, 0.3) is 5.91 Å². The Morgan fingerprint density at radius 2 is 2.00 bits per heavy atom. The number of rotatable bonds is 8. The highest BCUT2D eigenvalue weighted by Crippen LogP contribution is 2.34. The molecule has 0 fully saturated rings. The number of aryl methyl sites for hydroxylation is 2. The van der Waals surface area contributed by atoms with E-state index < -0.39 is 0 Å². The molecule has 1 amide bonds. The number of thiophene rings is 1. The van der Waals surface area contributed by atoms with Crippen LogP contribution in [0.4, 0.5) is 0 Å². The number of nitrogens with one attached hydrogen (secondary N) is 1. The van der Waals surface area contributed by atoms with Crippen molar-refractivity contribution in [3.8, 4) is 5.69 Å². The molecule has 0 aliphatic heterocycles. The number of hydrogen-bond acceptors (Lipinski definition) is 4. The first-order chi connectivity index (χ1) is 12.6. The molecule has 0 saturated carbocycles. The highest BCUT2D eigenvalue weighted by Gasteiger charge is 2.21. The largest absolute Gasteiger partial charge is 0.351 e. The Morgan fingerprint density at radius 1 is 1.23 bits per heavy atom. The van der Waals surface area contributed by atoms with Crippen LogP contribution in [0.5, 0.6) is 0 Å². The molecule has 0 bridgehead atoms. The van der Waals surface area contributed by atoms with Crippen molar-refractivity contribution >= 4 is 39.2 Å². The molecule has 0 unspecified atom stereocenters. The number of aromatic nitrogens is 2. The van der Waals surface area contributed by atoms with Gasteiger partial charge >= 0.3 is 0 Å². The molecule has 0 atom stereocenters. The molecule has 0 aromatic carbocycles. The second kappa shape index (κ2) is 8.73. The van der Waals surface area contributed by atoms with E-state index in [0.29, 0.717) is 6.54 Å². The Bertz CT molecular complexity index is 878. The van der Waals surface area contributed by atoms with Crippen molar-refractivity contribution in [1.82, 2.24) is 14.9 Å². The van der Waals surface area contributed by atoms with Crippen molar-refractivity contribution in [2.24, 2.45) is 0 Å². The Balaban J connectivity index is 1.86. The maximum Gasteiger partial charge on any atom is 0.263 e. The van der Waals surface area contributed by atoms with Crippen molar-refractivity contribution < 1.29 is 4.79 Å². The van der Waals surface area contributed by atoms with Crippen LogP contribution in [0.25, 0.3) is 15.9 Å². The predicted octanol–water partition coefficient (Wildman–Crippen LogP) is 4.97. The van der Waals surface area contributed by atoms with Gasteiger partial charge in [-0.2, -0.15) is 11.8 Å². The molecule has 0 saturated heterocycles. The summed E-state index contributed by atoms with van der Waals surface area (Å²) < 4.78 is 2.16. The third-order valence-electron chi connectivity index (χ3n) is 4.24. The first-order valence-corrected chi connectivity index (χ1v) is 11.0. The molecule has 0 aliphatic rings. The summed E-state index contributed by atoms with van der Waals surface area (Å²) in [5.74, 6) is 2.27. The fraction of sp³-hybridized carbons (Fsp3) is 0.400. The van der Waals surface area contributed by atoms with E-state index in [1.807, 2.05) is 23.9 Å². The number of pyridine rings is 1. The van der Waals surface area contributed by atoms with Crippen LogP contribution in [0.3, 0.4) is 0 Å². The van der Waals surface area contributed by atoms with Gasteiger partial charge in [0.2, 0.25) is 0 Å². The molecular formula is C20H25N3OS2. The van der Waals surface area contributed by atoms with Crippen LogP contribution in [0.15, 0.2) is 30.5 Å². The van der Waals surface area contributed by atoms with E-state index in [4.69, 9.17) is 0 Å². The first kappa shape index (κ1) is 19.0. The lowest BCUT2D eigenvalue weighted by molar-refractivity contribution is 0.0958. The molecule has 0 spiro atoms. The summed E-state index contributed by atoms with van der Waals surface area (Å²) >= 11 is 3.42. The van der Waals surface area contributed by atoms with Crippen LogP contribution in [0, 0.1) is 13.8 Å². The van der Waals surface area contributed by atoms with Gasteiger partial charge < -0.3 is 9.88 Å². The Labute approximate surface area is 163 Å². The maximum atomic E-state index is 12.9. The molecule has 6 heteroatoms. The SMILES string of the molecule is CCCSCCCNC(=O)c1sc2ncccc2c1-n1c(C)ccc1C. The molecule has 3 heterocycles. The molecule has 0 aliphatic carbocycles. The quantitative estimate of drug-likeness (QED) is 0.555. The van der Waals surface area contributed by atoms with Crippen LogP contribution in [-0.2, 0) is 0 Å². The second-order valence-electron chi connectivity index (χ2n) is 6.31. The van der Waals surface area contributed by atoms with Gasteiger partial charge in [-0.3, -0.25) is 4.79 Å². The highest BCUT2D eigenvalue weighted by atomic mass is 32.2. The molecular weight excluding hydrogens is 362 g/mol. The predicted molar refractivity (Wildman–Crippen MR) is 113 cm³/mol. The molecule has 4 nitrogen and oxygen atoms in total. The zero-order chi connectivity index (χ0) is 18.5. The Morgan fingerprint density at radius 3 is 2.73 bits per heavy atom. The van der Waals surface area contributed by atoms with Crippen LogP contribution in [-0.4, -0.2) is 33.5 Å². The zero-order valence-corrected chi connectivity index (χ0v) is 17.2. The van der Waals surface area contributed by atoms with Gasteiger partial charge in [-0.05, 0) is 62.5 Å². The average Bonchev–Trinajstić information content (AvgIpc) is 3.17. The lowest BCUT2D eigenvalue weighted by Crippen LogP contribution is -2.25. The Hall–Kier alpha value is -1.79. The minimum atomic E-state index is -0.00371. The fourth-order valence-electron chi connectivity index (χ4n) is 3.02. The van der Waals surface area contributed by atoms with Crippen molar-refractivity contribution in [1.29, 1.82) is 0 Å². The van der Waals surface area contributed by atoms with Crippen molar-refractivity contribution in [2.45, 2.75) is 33.6 Å². The number of carbonyl (C=O) groups excluding carboxylic acids is 1. The summed E-state index contributed by atoms with van der Waals surface area (Å²) in [5.41, 5.74) is 3.20. The van der Waals surface area contributed by atoms with Gasteiger partial charge in [0.1, 0.15) is 9.71 Å². The van der Waals surface area contributed by atoms with E-state index in [1.54, 1.807) is 6.20 Å². The number of nitrogens with zero attached hydrogens (tertiary/aromatic N) is 2. The van der Waals surface area contributed by atoms with Crippen LogP contribution in [0.2, 0.25) is 0 Å². The van der Waals surface area contributed by atoms with Crippen LogP contribution >= 0.6 is 23.1 Å². The third kappa shape index (κ3) is 3.96. The zero-order valence-electron chi connectivity index (χ0n) is 15.5. The standard InChI is InChI=1S/C20H25N3OS2/c1-4-12-25-13-6-11-21-19(24)18-17(23-14(2)8-9-15(23)3)16-7-5-10-22-20(16)26-18/h5,7-10H,4,6,11-13H2,1-3H3,(H,21,24). The molecule has 0 radical (unpaired) electrons. The van der Waals surface area contributed by atoms with E-state index in [-0.39, 0.29) is 5.91 Å². The van der Waals surface area contributed by atoms with Gasteiger partial charge in [0, 0.05) is 29.5 Å². The second-order valence-corrected chi connectivity index (χ2v) is 8.53. The summed E-state index contributed by atoms with van der Waals surface area (Å²) in [6.07, 6.45) is 3.98. The lowest BCUT2D eigenvalue weighted by atomic mass is 10.2. The van der Waals surface area contributed by atoms with Gasteiger partial charge in [-0.15, -0.1) is 11.3 Å². The fourth-order valence-corrected chi connectivity index (χ4v) is 4.91. The molecule has 3 aromatic rings. The number of fused-ring (bicyclic) bond motifs is 1. The summed E-state index contributed by atoms with van der Waals surface area (Å²) in [6.45, 7) is 7.04. The van der Waals surface area contributed by atoms with Crippen LogP contribution < -0.4 is 5.32 Å². The summed E-state index contributed by atoms with van der Waals surface area (Å²) in [4.78, 5) is 19.0. The third-order valence-corrected chi connectivity index (χ3v) is 6.62. The normalized spacial score (nSPS) is 11.2. The van der Waals surface area contributed by atoms with Gasteiger partial charge in [-0.25, -0.2) is 4.98 Å². The Kier molecular flexibility index (Phi) is 6.38. The van der Waals surface area contributed by atoms with E-state index in [2.05, 4.69) is 47.8 Å². The summed E-state index contributed by atoms with van der Waals surface area (Å²) in [5, 5.41) is 4.13. The summed E-state index contributed by atoms with van der Waals surface area (Å²) in [6, 6.07) is 8.15. The van der Waals surface area contributed by atoms with Crippen LogP contribution in [0.1, 0.15) is 40.8 Å². The number of carbonyl (C=O) groups is 1. The molecule has 26 heavy (non-hydrogen) atoms. The van der Waals surface area contributed by atoms with Crippen molar-refractivity contribution in [2.75, 3.05) is 18.1 Å². The minimum absolute atomic E-state index is 0.00371. The maximum absolute atomic E-state index is 12.9. The number of amides is 1. The molecule has 138 valence electrons. The highest BCUT2D eigenvalue weighted by molar-refractivity contribution is 7.99. The minimum Gasteiger partial charge on any atom is -0.351 e. The average molecular weight is 388 g/mol.